The summed E-state index contributed by atoms with van der Waals surface area (Å²) in [6, 6.07) is 7.53. The normalized spacial score (nSPS) is 9.94. The minimum atomic E-state index is -1.14. The van der Waals surface area contributed by atoms with Gasteiger partial charge in [-0.1, -0.05) is 0 Å². The largest absolute Gasteiger partial charge is 0.467 e. The van der Waals surface area contributed by atoms with Gasteiger partial charge in [0, 0.05) is 0 Å². The van der Waals surface area contributed by atoms with Crippen LogP contribution in [0, 0.1) is 23.0 Å². The Morgan fingerprint density at radius 1 is 1.24 bits per heavy atom. The molecule has 1 aromatic heterocycles. The van der Waals surface area contributed by atoms with E-state index in [9.17, 15) is 8.78 Å². The summed E-state index contributed by atoms with van der Waals surface area (Å²) in [6.45, 7) is 0.245. The second-order valence-corrected chi connectivity index (χ2v) is 3.33. The number of halogens is 2. The van der Waals surface area contributed by atoms with E-state index in [-0.39, 0.29) is 17.8 Å². The monoisotopic (exact) mass is 234 g/mol. The van der Waals surface area contributed by atoms with Crippen LogP contribution in [0.3, 0.4) is 0 Å². The van der Waals surface area contributed by atoms with Gasteiger partial charge in [0.25, 0.3) is 0 Å². The van der Waals surface area contributed by atoms with Gasteiger partial charge in [0.1, 0.15) is 11.8 Å². The molecule has 0 unspecified atom stereocenters. The summed E-state index contributed by atoms with van der Waals surface area (Å²) >= 11 is 0. The highest BCUT2D eigenvalue weighted by Crippen LogP contribution is 2.20. The second kappa shape index (κ2) is 4.66. The van der Waals surface area contributed by atoms with Gasteiger partial charge in [0.2, 0.25) is 0 Å². The minimum Gasteiger partial charge on any atom is -0.467 e. The Labute approximate surface area is 96.3 Å². The molecule has 86 valence electrons. The van der Waals surface area contributed by atoms with Crippen molar-refractivity contribution < 1.29 is 13.2 Å². The van der Waals surface area contributed by atoms with Gasteiger partial charge in [-0.05, 0) is 24.3 Å². The lowest BCUT2D eigenvalue weighted by atomic mass is 10.2. The smallest absolute Gasteiger partial charge is 0.183 e. The Bertz CT molecular complexity index is 559. The van der Waals surface area contributed by atoms with Crippen molar-refractivity contribution in [1.82, 2.24) is 0 Å². The number of nitrogens with one attached hydrogen (secondary N) is 1. The fourth-order valence-electron chi connectivity index (χ4n) is 1.37. The van der Waals surface area contributed by atoms with Gasteiger partial charge in [-0.3, -0.25) is 0 Å². The molecule has 0 aliphatic rings. The number of benzene rings is 1. The number of furan rings is 1. The third kappa shape index (κ3) is 2.26. The van der Waals surface area contributed by atoms with Crippen LogP contribution in [-0.2, 0) is 6.54 Å². The first-order valence-corrected chi connectivity index (χ1v) is 4.86. The van der Waals surface area contributed by atoms with Crippen LogP contribution in [0.5, 0.6) is 0 Å². The fourth-order valence-corrected chi connectivity index (χ4v) is 1.37. The maximum Gasteiger partial charge on any atom is 0.183 e. The van der Waals surface area contributed by atoms with Crippen LogP contribution < -0.4 is 5.32 Å². The Morgan fingerprint density at radius 2 is 2.06 bits per heavy atom. The summed E-state index contributed by atoms with van der Waals surface area (Å²) < 4.78 is 31.8. The van der Waals surface area contributed by atoms with E-state index in [1.165, 1.54) is 18.4 Å². The van der Waals surface area contributed by atoms with E-state index < -0.39 is 11.6 Å². The van der Waals surface area contributed by atoms with Crippen molar-refractivity contribution in [2.24, 2.45) is 0 Å². The van der Waals surface area contributed by atoms with E-state index in [0.29, 0.717) is 5.76 Å². The third-order valence-corrected chi connectivity index (χ3v) is 2.24. The van der Waals surface area contributed by atoms with E-state index >= 15 is 0 Å². The number of anilines is 1. The number of nitriles is 1. The van der Waals surface area contributed by atoms with Crippen molar-refractivity contribution in [3.05, 3.63) is 53.5 Å². The predicted molar refractivity (Wildman–Crippen MR) is 57.1 cm³/mol. The average molecular weight is 234 g/mol. The Hall–Kier alpha value is -2.35. The molecular formula is C12H8F2N2O. The van der Waals surface area contributed by atoms with Crippen LogP contribution in [-0.4, -0.2) is 0 Å². The van der Waals surface area contributed by atoms with Gasteiger partial charge in [-0.2, -0.15) is 5.26 Å². The topological polar surface area (TPSA) is 49.0 Å². The zero-order chi connectivity index (χ0) is 12.3. The van der Waals surface area contributed by atoms with Gasteiger partial charge in [0.05, 0.1) is 24.1 Å². The zero-order valence-corrected chi connectivity index (χ0v) is 8.71. The first-order valence-electron chi connectivity index (χ1n) is 4.86. The van der Waals surface area contributed by atoms with Gasteiger partial charge < -0.3 is 9.73 Å². The number of rotatable bonds is 3. The van der Waals surface area contributed by atoms with Crippen molar-refractivity contribution in [2.45, 2.75) is 6.54 Å². The molecule has 0 spiro atoms. The van der Waals surface area contributed by atoms with Crippen molar-refractivity contribution in [3.63, 3.8) is 0 Å². The molecule has 2 rings (SSSR count). The van der Waals surface area contributed by atoms with Crippen LogP contribution in [0.4, 0.5) is 14.5 Å². The van der Waals surface area contributed by atoms with Crippen molar-refractivity contribution >= 4 is 5.69 Å². The van der Waals surface area contributed by atoms with Crippen LogP contribution in [0.25, 0.3) is 0 Å². The minimum absolute atomic E-state index is 0.00194. The standard InChI is InChI=1S/C12H8F2N2O/c13-11-8(6-15)3-4-10(12(11)14)16-7-9-2-1-5-17-9/h1-5,16H,7H2. The van der Waals surface area contributed by atoms with Gasteiger partial charge in [0.15, 0.2) is 11.6 Å². The van der Waals surface area contributed by atoms with Crippen LogP contribution in [0.1, 0.15) is 11.3 Å². The predicted octanol–water partition coefficient (Wildman–Crippen LogP) is 3.04. The number of hydrogen-bond acceptors (Lipinski definition) is 3. The molecule has 0 saturated carbocycles. The Balaban J connectivity index is 2.17. The molecule has 1 heterocycles. The van der Waals surface area contributed by atoms with Crippen molar-refractivity contribution in [3.8, 4) is 6.07 Å². The maximum atomic E-state index is 13.5. The lowest BCUT2D eigenvalue weighted by Gasteiger charge is -2.06. The summed E-state index contributed by atoms with van der Waals surface area (Å²) in [5.41, 5.74) is -0.316. The molecule has 0 bridgehead atoms. The molecule has 0 amide bonds. The van der Waals surface area contributed by atoms with E-state index in [1.807, 2.05) is 0 Å². The first-order chi connectivity index (χ1) is 8.22. The second-order valence-electron chi connectivity index (χ2n) is 3.33. The molecular weight excluding hydrogens is 226 g/mol. The molecule has 5 heteroatoms. The zero-order valence-electron chi connectivity index (χ0n) is 8.71. The molecule has 1 aromatic carbocycles. The summed E-state index contributed by atoms with van der Waals surface area (Å²) in [7, 11) is 0. The van der Waals surface area contributed by atoms with E-state index in [2.05, 4.69) is 5.32 Å². The van der Waals surface area contributed by atoms with Crippen LogP contribution in [0.15, 0.2) is 34.9 Å². The van der Waals surface area contributed by atoms with Gasteiger partial charge in [-0.15, -0.1) is 0 Å². The van der Waals surface area contributed by atoms with Crippen molar-refractivity contribution in [2.75, 3.05) is 5.32 Å². The third-order valence-electron chi connectivity index (χ3n) is 2.24. The lowest BCUT2D eigenvalue weighted by molar-refractivity contribution is 0.503. The highest BCUT2D eigenvalue weighted by Gasteiger charge is 2.12. The SMILES string of the molecule is N#Cc1ccc(NCc2ccco2)c(F)c1F. The van der Waals surface area contributed by atoms with E-state index in [0.717, 1.165) is 0 Å². The van der Waals surface area contributed by atoms with Crippen LogP contribution in [0.2, 0.25) is 0 Å². The Kier molecular flexibility index (Phi) is 3.06. The fraction of sp³-hybridized carbons (Fsp3) is 0.0833. The molecule has 0 radical (unpaired) electrons. The molecule has 0 aliphatic heterocycles. The van der Waals surface area contributed by atoms with Gasteiger partial charge in [-0.25, -0.2) is 8.78 Å². The molecule has 0 saturated heterocycles. The highest BCUT2D eigenvalue weighted by molar-refractivity contribution is 5.49. The summed E-state index contributed by atoms with van der Waals surface area (Å²) in [4.78, 5) is 0. The molecule has 3 nitrogen and oxygen atoms in total. The van der Waals surface area contributed by atoms with Crippen molar-refractivity contribution in [1.29, 1.82) is 5.26 Å². The number of hydrogen-bond donors (Lipinski definition) is 1. The Morgan fingerprint density at radius 3 is 2.71 bits per heavy atom. The lowest BCUT2D eigenvalue weighted by Crippen LogP contribution is -2.03. The first kappa shape index (κ1) is 11.1. The molecule has 2 aromatic rings. The molecule has 0 fully saturated rings. The summed E-state index contributed by atoms with van der Waals surface area (Å²) in [6.07, 6.45) is 1.49. The van der Waals surface area contributed by atoms with E-state index in [1.54, 1.807) is 18.2 Å². The molecule has 1 N–H and O–H groups in total. The quantitative estimate of drug-likeness (QED) is 0.887. The van der Waals surface area contributed by atoms with Gasteiger partial charge >= 0.3 is 0 Å². The maximum absolute atomic E-state index is 13.5. The summed E-state index contributed by atoms with van der Waals surface area (Å²) in [5.74, 6) is -1.60. The average Bonchev–Trinajstić information content (AvgIpc) is 2.84. The highest BCUT2D eigenvalue weighted by atomic mass is 19.2. The summed E-state index contributed by atoms with van der Waals surface area (Å²) in [5, 5.41) is 11.2. The number of nitrogens with zero attached hydrogens (tertiary/aromatic N) is 1. The molecule has 0 atom stereocenters. The molecule has 0 aliphatic carbocycles. The van der Waals surface area contributed by atoms with E-state index in [4.69, 9.17) is 9.68 Å². The molecule has 17 heavy (non-hydrogen) atoms. The van der Waals surface area contributed by atoms with Crippen LogP contribution >= 0.6 is 0 Å².